The van der Waals surface area contributed by atoms with Crippen molar-refractivity contribution in [2.75, 3.05) is 13.1 Å². The van der Waals surface area contributed by atoms with E-state index >= 15 is 0 Å². The van der Waals surface area contributed by atoms with E-state index in [9.17, 15) is 9.59 Å². The maximum Gasteiger partial charge on any atom is 0.259 e. The van der Waals surface area contributed by atoms with Gasteiger partial charge >= 0.3 is 0 Å². The number of nitrogens with one attached hydrogen (secondary N) is 1. The van der Waals surface area contributed by atoms with Crippen LogP contribution in [0, 0.1) is 0 Å². The lowest BCUT2D eigenvalue weighted by atomic mass is 9.82. The van der Waals surface area contributed by atoms with Gasteiger partial charge in [0.2, 0.25) is 5.91 Å². The number of benzene rings is 1. The molecule has 2 fully saturated rings. The van der Waals surface area contributed by atoms with Crippen molar-refractivity contribution in [3.63, 3.8) is 0 Å². The number of carbonyl (C=O) groups is 2. The van der Waals surface area contributed by atoms with E-state index < -0.39 is 0 Å². The minimum atomic E-state index is -0.194. The number of nitrogens with zero attached hydrogens (tertiary/aromatic N) is 2. The number of likely N-dealkylation sites (tertiary alicyclic amines) is 1. The number of carbonyl (C=O) groups excluding carboxylic acids is 2. The van der Waals surface area contributed by atoms with E-state index in [1.54, 1.807) is 4.90 Å². The van der Waals surface area contributed by atoms with E-state index in [0.29, 0.717) is 13.0 Å². The molecule has 1 aromatic rings. The van der Waals surface area contributed by atoms with Crippen molar-refractivity contribution in [3.05, 3.63) is 35.9 Å². The van der Waals surface area contributed by atoms with Crippen molar-refractivity contribution in [2.45, 2.75) is 57.3 Å². The van der Waals surface area contributed by atoms with E-state index in [1.807, 2.05) is 18.2 Å². The Hall–Kier alpha value is -2.17. The standard InChI is InChI=1S/C20H27N3O2/c24-19(15-23-14-8-2-5-13-20(23)25)22-21-18-12-7-6-11-17(18)16-9-3-1-4-10-16/h1,3-4,9-10,17H,2,5-8,11-15H2,(H,22,24)/b21-18-/t17-/m0/s1. The van der Waals surface area contributed by atoms with Gasteiger partial charge in [0.1, 0.15) is 6.54 Å². The lowest BCUT2D eigenvalue weighted by Gasteiger charge is -2.24. The summed E-state index contributed by atoms with van der Waals surface area (Å²) >= 11 is 0. The smallest absolute Gasteiger partial charge is 0.259 e. The highest BCUT2D eigenvalue weighted by Crippen LogP contribution is 2.30. The molecule has 0 aromatic heterocycles. The zero-order valence-corrected chi connectivity index (χ0v) is 14.7. The van der Waals surface area contributed by atoms with E-state index in [2.05, 4.69) is 22.7 Å². The van der Waals surface area contributed by atoms with Crippen LogP contribution in [0.4, 0.5) is 0 Å². The first-order valence-corrected chi connectivity index (χ1v) is 9.42. The zero-order valence-electron chi connectivity index (χ0n) is 14.7. The molecule has 2 aliphatic rings. The molecule has 3 rings (SSSR count). The first-order chi connectivity index (χ1) is 12.2. The van der Waals surface area contributed by atoms with Crippen LogP contribution in [0.25, 0.3) is 0 Å². The quantitative estimate of drug-likeness (QED) is 0.855. The molecule has 1 aromatic carbocycles. The Labute approximate surface area is 149 Å². The molecule has 5 nitrogen and oxygen atoms in total. The van der Waals surface area contributed by atoms with Gasteiger partial charge in [-0.2, -0.15) is 5.10 Å². The van der Waals surface area contributed by atoms with Crippen LogP contribution in [0.1, 0.15) is 62.8 Å². The molecule has 5 heteroatoms. The fourth-order valence-electron chi connectivity index (χ4n) is 3.72. The molecule has 1 N–H and O–H groups in total. The van der Waals surface area contributed by atoms with Gasteiger partial charge in [0.25, 0.3) is 5.91 Å². The highest BCUT2D eigenvalue weighted by Gasteiger charge is 2.23. The largest absolute Gasteiger partial charge is 0.333 e. The van der Waals surface area contributed by atoms with Gasteiger partial charge in [-0.15, -0.1) is 0 Å². The second-order valence-corrected chi connectivity index (χ2v) is 6.97. The topological polar surface area (TPSA) is 61.8 Å². The van der Waals surface area contributed by atoms with Crippen LogP contribution in [0.15, 0.2) is 35.4 Å². The number of amides is 2. The molecule has 2 amide bonds. The lowest BCUT2D eigenvalue weighted by molar-refractivity contribution is -0.135. The maximum atomic E-state index is 12.2. The summed E-state index contributed by atoms with van der Waals surface area (Å²) in [5.41, 5.74) is 5.01. The second-order valence-electron chi connectivity index (χ2n) is 6.97. The zero-order chi connectivity index (χ0) is 17.5. The van der Waals surface area contributed by atoms with E-state index in [-0.39, 0.29) is 24.3 Å². The number of hydrogen-bond donors (Lipinski definition) is 1. The third-order valence-corrected chi connectivity index (χ3v) is 5.11. The van der Waals surface area contributed by atoms with Crippen molar-refractivity contribution in [1.29, 1.82) is 0 Å². The number of hydrazone groups is 1. The summed E-state index contributed by atoms with van der Waals surface area (Å²) in [5.74, 6) is 0.176. The number of rotatable bonds is 4. The molecule has 1 aliphatic carbocycles. The molecule has 1 saturated carbocycles. The van der Waals surface area contributed by atoms with Gasteiger partial charge in [-0.1, -0.05) is 43.2 Å². The Balaban J connectivity index is 1.61. The highest BCUT2D eigenvalue weighted by atomic mass is 16.2. The normalized spacial score (nSPS) is 23.4. The van der Waals surface area contributed by atoms with Gasteiger partial charge < -0.3 is 4.90 Å². The molecule has 0 bridgehead atoms. The van der Waals surface area contributed by atoms with Crippen LogP contribution in [-0.4, -0.2) is 35.5 Å². The van der Waals surface area contributed by atoms with Crippen LogP contribution < -0.4 is 5.43 Å². The van der Waals surface area contributed by atoms with E-state index in [4.69, 9.17) is 0 Å². The molecule has 25 heavy (non-hydrogen) atoms. The molecule has 0 spiro atoms. The first kappa shape index (κ1) is 17.6. The van der Waals surface area contributed by atoms with Crippen molar-refractivity contribution in [3.8, 4) is 0 Å². The second kappa shape index (κ2) is 8.79. The van der Waals surface area contributed by atoms with Gasteiger partial charge in [-0.3, -0.25) is 9.59 Å². The van der Waals surface area contributed by atoms with Crippen molar-refractivity contribution in [2.24, 2.45) is 5.10 Å². The molecule has 0 radical (unpaired) electrons. The fraction of sp³-hybridized carbons (Fsp3) is 0.550. The molecule has 1 heterocycles. The molecule has 0 unspecified atom stereocenters. The van der Waals surface area contributed by atoms with Crippen molar-refractivity contribution in [1.82, 2.24) is 10.3 Å². The predicted molar refractivity (Wildman–Crippen MR) is 98.3 cm³/mol. The minimum Gasteiger partial charge on any atom is -0.333 e. The molecule has 1 saturated heterocycles. The van der Waals surface area contributed by atoms with Gasteiger partial charge in [0.15, 0.2) is 0 Å². The summed E-state index contributed by atoms with van der Waals surface area (Å²) in [4.78, 5) is 25.9. The highest BCUT2D eigenvalue weighted by molar-refractivity contribution is 5.93. The van der Waals surface area contributed by atoms with Crippen LogP contribution in [0.2, 0.25) is 0 Å². The van der Waals surface area contributed by atoms with Gasteiger partial charge in [0, 0.05) is 24.6 Å². The Kier molecular flexibility index (Phi) is 6.20. The van der Waals surface area contributed by atoms with E-state index in [1.165, 1.54) is 12.0 Å². The third-order valence-electron chi connectivity index (χ3n) is 5.11. The fourth-order valence-corrected chi connectivity index (χ4v) is 3.72. The third kappa shape index (κ3) is 4.91. The predicted octanol–water partition coefficient (Wildman–Crippen LogP) is 3.22. The summed E-state index contributed by atoms with van der Waals surface area (Å²) in [5, 5.41) is 4.43. The number of hydrogen-bond acceptors (Lipinski definition) is 3. The average Bonchev–Trinajstić information content (AvgIpc) is 2.85. The Bertz CT molecular complexity index is 627. The molecule has 1 atom stereocenters. The summed E-state index contributed by atoms with van der Waals surface area (Å²) in [6.45, 7) is 0.793. The maximum absolute atomic E-state index is 12.2. The lowest BCUT2D eigenvalue weighted by Crippen LogP contribution is -2.39. The Morgan fingerprint density at radius 3 is 2.72 bits per heavy atom. The monoisotopic (exact) mass is 341 g/mol. The Morgan fingerprint density at radius 2 is 1.88 bits per heavy atom. The molecular formula is C20H27N3O2. The molecule has 1 aliphatic heterocycles. The van der Waals surface area contributed by atoms with Crippen LogP contribution in [-0.2, 0) is 9.59 Å². The van der Waals surface area contributed by atoms with Gasteiger partial charge in [-0.05, 0) is 37.7 Å². The van der Waals surface area contributed by atoms with Crippen LogP contribution in [0.3, 0.4) is 0 Å². The van der Waals surface area contributed by atoms with Crippen LogP contribution in [0.5, 0.6) is 0 Å². The Morgan fingerprint density at radius 1 is 1.08 bits per heavy atom. The van der Waals surface area contributed by atoms with E-state index in [0.717, 1.165) is 44.2 Å². The first-order valence-electron chi connectivity index (χ1n) is 9.42. The summed E-state index contributed by atoms with van der Waals surface area (Å²) < 4.78 is 0. The van der Waals surface area contributed by atoms with Gasteiger partial charge in [-0.25, -0.2) is 5.43 Å². The summed E-state index contributed by atoms with van der Waals surface area (Å²) in [6, 6.07) is 10.4. The molecular weight excluding hydrogens is 314 g/mol. The minimum absolute atomic E-state index is 0.0835. The van der Waals surface area contributed by atoms with Gasteiger partial charge in [0.05, 0.1) is 0 Å². The molecule has 134 valence electrons. The average molecular weight is 341 g/mol. The summed E-state index contributed by atoms with van der Waals surface area (Å²) in [6.07, 6.45) is 7.81. The SMILES string of the molecule is O=C(CN1CCCCCC1=O)N/N=C1/CCCC[C@H]1c1ccccc1. The van der Waals surface area contributed by atoms with Crippen molar-refractivity contribution < 1.29 is 9.59 Å². The van der Waals surface area contributed by atoms with Crippen LogP contribution >= 0.6 is 0 Å². The van der Waals surface area contributed by atoms with Crippen molar-refractivity contribution >= 4 is 17.5 Å². The summed E-state index contributed by atoms with van der Waals surface area (Å²) in [7, 11) is 0.